The first-order valence-corrected chi connectivity index (χ1v) is 7.68. The molecule has 0 aromatic heterocycles. The molecular formula is C19H21NO. The third-order valence-electron chi connectivity index (χ3n) is 4.38. The Hall–Kier alpha value is -1.93. The Balaban J connectivity index is 1.72. The van der Waals surface area contributed by atoms with E-state index >= 15 is 0 Å². The molecule has 0 spiro atoms. The van der Waals surface area contributed by atoms with Gasteiger partial charge < -0.3 is 5.73 Å². The smallest absolute Gasteiger partial charge is 0.179 e. The first-order valence-electron chi connectivity index (χ1n) is 7.68. The first-order chi connectivity index (χ1) is 10.2. The molecule has 1 aliphatic rings. The minimum absolute atomic E-state index is 0.0417. The number of hydrogen-bond acceptors (Lipinski definition) is 2. The van der Waals surface area contributed by atoms with Gasteiger partial charge in [-0.3, -0.25) is 4.79 Å². The van der Waals surface area contributed by atoms with Gasteiger partial charge in [-0.05, 0) is 42.4 Å². The third-order valence-corrected chi connectivity index (χ3v) is 4.38. The summed E-state index contributed by atoms with van der Waals surface area (Å²) in [5, 5.41) is 0. The largest absolute Gasteiger partial charge is 0.321 e. The van der Waals surface area contributed by atoms with Crippen molar-refractivity contribution in [2.45, 2.75) is 37.6 Å². The molecule has 2 aromatic rings. The fourth-order valence-corrected chi connectivity index (χ4v) is 2.86. The summed E-state index contributed by atoms with van der Waals surface area (Å²) in [5.41, 5.74) is 9.25. The number of ketones is 1. The minimum Gasteiger partial charge on any atom is -0.321 e. The predicted molar refractivity (Wildman–Crippen MR) is 85.5 cm³/mol. The molecule has 0 bridgehead atoms. The van der Waals surface area contributed by atoms with E-state index in [1.807, 2.05) is 48.5 Å². The van der Waals surface area contributed by atoms with E-state index in [2.05, 4.69) is 6.07 Å². The lowest BCUT2D eigenvalue weighted by atomic mass is 9.79. The highest BCUT2D eigenvalue weighted by Gasteiger charge is 2.21. The maximum atomic E-state index is 12.5. The molecule has 1 aliphatic carbocycles. The Morgan fingerprint density at radius 2 is 1.86 bits per heavy atom. The van der Waals surface area contributed by atoms with Crippen LogP contribution in [0.1, 0.15) is 46.7 Å². The minimum atomic E-state index is -0.468. The molecule has 0 saturated heterocycles. The number of carbonyl (C=O) groups excluding carboxylic acids is 1. The molecular weight excluding hydrogens is 258 g/mol. The van der Waals surface area contributed by atoms with Gasteiger partial charge in [0, 0.05) is 5.56 Å². The molecule has 2 heteroatoms. The zero-order valence-electron chi connectivity index (χ0n) is 12.2. The average molecular weight is 279 g/mol. The molecule has 1 saturated carbocycles. The highest BCUT2D eigenvalue weighted by molar-refractivity contribution is 6.00. The normalized spacial score (nSPS) is 16.2. The Labute approximate surface area is 126 Å². The van der Waals surface area contributed by atoms with Gasteiger partial charge in [-0.1, -0.05) is 55.0 Å². The van der Waals surface area contributed by atoms with E-state index in [9.17, 15) is 4.79 Å². The highest BCUT2D eigenvalue weighted by atomic mass is 16.1. The number of hydrogen-bond donors (Lipinski definition) is 1. The van der Waals surface area contributed by atoms with Crippen LogP contribution in [0.2, 0.25) is 0 Å². The van der Waals surface area contributed by atoms with E-state index in [4.69, 9.17) is 5.73 Å². The van der Waals surface area contributed by atoms with Crippen molar-refractivity contribution in [2.24, 2.45) is 5.73 Å². The van der Waals surface area contributed by atoms with Gasteiger partial charge >= 0.3 is 0 Å². The summed E-state index contributed by atoms with van der Waals surface area (Å²) in [6.45, 7) is 0. The van der Waals surface area contributed by atoms with Crippen LogP contribution in [0.15, 0.2) is 54.6 Å². The topological polar surface area (TPSA) is 43.1 Å². The molecule has 1 atom stereocenters. The Bertz CT molecular complexity index is 616. The summed E-state index contributed by atoms with van der Waals surface area (Å²) >= 11 is 0. The fraction of sp³-hybridized carbons (Fsp3) is 0.316. The number of rotatable bonds is 5. The van der Waals surface area contributed by atoms with E-state index in [0.29, 0.717) is 12.3 Å². The van der Waals surface area contributed by atoms with Crippen molar-refractivity contribution < 1.29 is 4.79 Å². The van der Waals surface area contributed by atoms with Crippen molar-refractivity contribution >= 4 is 5.78 Å². The summed E-state index contributed by atoms with van der Waals surface area (Å²) in [6, 6.07) is 17.5. The van der Waals surface area contributed by atoms with Crippen molar-refractivity contribution in [1.82, 2.24) is 0 Å². The van der Waals surface area contributed by atoms with Gasteiger partial charge in [-0.15, -0.1) is 0 Å². The molecule has 0 aliphatic heterocycles. The Kier molecular flexibility index (Phi) is 4.16. The van der Waals surface area contributed by atoms with Gasteiger partial charge in [0.25, 0.3) is 0 Å². The predicted octanol–water partition coefficient (Wildman–Crippen LogP) is 3.71. The maximum absolute atomic E-state index is 12.5. The van der Waals surface area contributed by atoms with Gasteiger partial charge in [-0.2, -0.15) is 0 Å². The van der Waals surface area contributed by atoms with Crippen LogP contribution in [-0.2, 0) is 6.42 Å². The van der Waals surface area contributed by atoms with Crippen molar-refractivity contribution in [1.29, 1.82) is 0 Å². The summed E-state index contributed by atoms with van der Waals surface area (Å²) in [6.07, 6.45) is 4.38. The fourth-order valence-electron chi connectivity index (χ4n) is 2.86. The molecule has 21 heavy (non-hydrogen) atoms. The van der Waals surface area contributed by atoms with Crippen LogP contribution in [0.4, 0.5) is 0 Å². The van der Waals surface area contributed by atoms with Crippen LogP contribution in [0.3, 0.4) is 0 Å². The molecule has 0 amide bonds. The van der Waals surface area contributed by atoms with Crippen LogP contribution in [0.25, 0.3) is 0 Å². The molecule has 108 valence electrons. The molecule has 0 radical (unpaired) electrons. The van der Waals surface area contributed by atoms with Crippen LogP contribution < -0.4 is 5.73 Å². The number of carbonyl (C=O) groups is 1. The van der Waals surface area contributed by atoms with E-state index < -0.39 is 6.04 Å². The second-order valence-corrected chi connectivity index (χ2v) is 5.91. The zero-order valence-corrected chi connectivity index (χ0v) is 12.2. The van der Waals surface area contributed by atoms with Crippen molar-refractivity contribution in [3.05, 3.63) is 71.3 Å². The molecule has 2 aromatic carbocycles. The standard InChI is InChI=1S/C19H21NO/c20-18(12-14-6-2-1-3-7-14)19(21)17-11-5-10-16(13-17)15-8-4-9-15/h1-3,5-7,10-11,13,15,18H,4,8-9,12,20H2. The van der Waals surface area contributed by atoms with E-state index in [1.165, 1.54) is 24.8 Å². The number of Topliss-reactive ketones (excluding diaryl/α,β-unsaturated/α-hetero) is 1. The van der Waals surface area contributed by atoms with Crippen LogP contribution in [-0.4, -0.2) is 11.8 Å². The van der Waals surface area contributed by atoms with Crippen LogP contribution in [0.5, 0.6) is 0 Å². The highest BCUT2D eigenvalue weighted by Crippen LogP contribution is 2.36. The quantitative estimate of drug-likeness (QED) is 0.848. The van der Waals surface area contributed by atoms with Gasteiger partial charge in [-0.25, -0.2) is 0 Å². The molecule has 2 nitrogen and oxygen atoms in total. The summed E-state index contributed by atoms with van der Waals surface area (Å²) in [7, 11) is 0. The van der Waals surface area contributed by atoms with Crippen molar-refractivity contribution in [3.8, 4) is 0 Å². The number of benzene rings is 2. The Morgan fingerprint density at radius 1 is 1.10 bits per heavy atom. The summed E-state index contributed by atoms with van der Waals surface area (Å²) in [5.74, 6) is 0.683. The lowest BCUT2D eigenvalue weighted by Crippen LogP contribution is -2.32. The molecule has 2 N–H and O–H groups in total. The molecule has 3 rings (SSSR count). The SMILES string of the molecule is NC(Cc1ccccc1)C(=O)c1cccc(C2CCC2)c1. The molecule has 0 heterocycles. The average Bonchev–Trinajstić information content (AvgIpc) is 2.46. The zero-order chi connectivity index (χ0) is 14.7. The second-order valence-electron chi connectivity index (χ2n) is 5.91. The first kappa shape index (κ1) is 14.0. The summed E-state index contributed by atoms with van der Waals surface area (Å²) < 4.78 is 0. The van der Waals surface area contributed by atoms with Gasteiger partial charge in [0.05, 0.1) is 6.04 Å². The molecule has 1 fully saturated rings. The maximum Gasteiger partial charge on any atom is 0.179 e. The van der Waals surface area contributed by atoms with Gasteiger partial charge in [0.15, 0.2) is 5.78 Å². The second kappa shape index (κ2) is 6.23. The van der Waals surface area contributed by atoms with Gasteiger partial charge in [0.2, 0.25) is 0 Å². The van der Waals surface area contributed by atoms with Crippen molar-refractivity contribution in [3.63, 3.8) is 0 Å². The van der Waals surface area contributed by atoms with E-state index in [1.54, 1.807) is 0 Å². The summed E-state index contributed by atoms with van der Waals surface area (Å²) in [4.78, 5) is 12.5. The number of nitrogens with two attached hydrogens (primary N) is 1. The van der Waals surface area contributed by atoms with E-state index in [0.717, 1.165) is 11.1 Å². The third kappa shape index (κ3) is 3.22. The monoisotopic (exact) mass is 279 g/mol. The lowest BCUT2D eigenvalue weighted by molar-refractivity contribution is 0.0960. The van der Waals surface area contributed by atoms with E-state index in [-0.39, 0.29) is 5.78 Å². The lowest BCUT2D eigenvalue weighted by Gasteiger charge is -2.26. The van der Waals surface area contributed by atoms with Gasteiger partial charge in [0.1, 0.15) is 0 Å². The van der Waals surface area contributed by atoms with Crippen molar-refractivity contribution in [2.75, 3.05) is 0 Å². The van der Waals surface area contributed by atoms with Crippen LogP contribution >= 0.6 is 0 Å². The Morgan fingerprint density at radius 3 is 2.52 bits per heavy atom. The molecule has 1 unspecified atom stereocenters. The van der Waals surface area contributed by atoms with Crippen LogP contribution in [0, 0.1) is 0 Å².